The summed E-state index contributed by atoms with van der Waals surface area (Å²) in [6.07, 6.45) is 1.43. The van der Waals surface area contributed by atoms with E-state index in [1.807, 2.05) is 6.92 Å². The number of hydrogen-bond acceptors (Lipinski definition) is 3. The van der Waals surface area contributed by atoms with E-state index in [0.717, 1.165) is 0 Å². The zero-order valence-corrected chi connectivity index (χ0v) is 13.6. The van der Waals surface area contributed by atoms with Crippen molar-refractivity contribution in [3.63, 3.8) is 0 Å². The van der Waals surface area contributed by atoms with E-state index in [9.17, 15) is 9.59 Å². The molecule has 1 aromatic heterocycles. The number of fused-ring (bicyclic) bond motifs is 1. The lowest BCUT2D eigenvalue weighted by molar-refractivity contribution is 0.0524. The summed E-state index contributed by atoms with van der Waals surface area (Å²) in [5.74, 6) is -0.672. The molecule has 2 aromatic rings. The number of aryl methyl sites for hydroxylation is 1. The van der Waals surface area contributed by atoms with Gasteiger partial charge >= 0.3 is 5.97 Å². The van der Waals surface area contributed by atoms with Crippen molar-refractivity contribution in [2.24, 2.45) is 0 Å². The summed E-state index contributed by atoms with van der Waals surface area (Å²) in [6.45, 7) is 4.22. The first-order chi connectivity index (χ1) is 9.92. The smallest absolute Gasteiger partial charge is 0.343 e. The van der Waals surface area contributed by atoms with Crippen molar-refractivity contribution in [1.82, 2.24) is 4.57 Å². The van der Waals surface area contributed by atoms with Gasteiger partial charge in [-0.3, -0.25) is 4.79 Å². The van der Waals surface area contributed by atoms with Crippen LogP contribution in [0.15, 0.2) is 17.1 Å². The Morgan fingerprint density at radius 1 is 1.24 bits per heavy atom. The Morgan fingerprint density at radius 2 is 1.90 bits per heavy atom. The first kappa shape index (κ1) is 16.1. The summed E-state index contributed by atoms with van der Waals surface area (Å²) in [5.41, 5.74) is -0.0825. The Labute approximate surface area is 136 Å². The normalized spacial score (nSPS) is 10.9. The second-order valence-electron chi connectivity index (χ2n) is 4.26. The number of ether oxygens (including phenoxy) is 1. The summed E-state index contributed by atoms with van der Waals surface area (Å²) >= 11 is 18.2. The monoisotopic (exact) mass is 347 g/mol. The van der Waals surface area contributed by atoms with Crippen molar-refractivity contribution in [3.8, 4) is 0 Å². The van der Waals surface area contributed by atoms with Gasteiger partial charge < -0.3 is 9.30 Å². The first-order valence-electron chi connectivity index (χ1n) is 6.30. The van der Waals surface area contributed by atoms with Gasteiger partial charge in [-0.1, -0.05) is 34.8 Å². The number of hydrogen-bond donors (Lipinski definition) is 0. The molecule has 0 bridgehead atoms. The Bertz CT molecular complexity index is 783. The number of aromatic nitrogens is 1. The van der Waals surface area contributed by atoms with Crippen molar-refractivity contribution in [3.05, 3.63) is 43.1 Å². The third-order valence-electron chi connectivity index (χ3n) is 3.03. The number of carbonyl (C=O) groups is 1. The molecule has 0 spiro atoms. The highest BCUT2D eigenvalue weighted by molar-refractivity contribution is 6.50. The molecule has 112 valence electrons. The van der Waals surface area contributed by atoms with Gasteiger partial charge in [0, 0.05) is 18.1 Å². The van der Waals surface area contributed by atoms with Crippen LogP contribution in [0.3, 0.4) is 0 Å². The molecule has 0 amide bonds. The largest absolute Gasteiger partial charge is 0.462 e. The quantitative estimate of drug-likeness (QED) is 0.618. The van der Waals surface area contributed by atoms with Crippen molar-refractivity contribution in [1.29, 1.82) is 0 Å². The molecule has 2 rings (SSSR count). The van der Waals surface area contributed by atoms with Crippen LogP contribution in [0.1, 0.15) is 24.2 Å². The predicted octanol–water partition coefficient (Wildman–Crippen LogP) is 4.16. The number of rotatable bonds is 3. The van der Waals surface area contributed by atoms with Crippen molar-refractivity contribution >= 4 is 51.7 Å². The van der Waals surface area contributed by atoms with Crippen LogP contribution >= 0.6 is 34.8 Å². The molecule has 0 atom stereocenters. The van der Waals surface area contributed by atoms with Crippen LogP contribution < -0.4 is 5.43 Å². The highest BCUT2D eigenvalue weighted by atomic mass is 35.5. The standard InChI is InChI=1S/C14H12Cl3NO3/c1-3-18-6-8(14(20)21-4-2)13(19)7-5-9(15)10(16)11(17)12(7)18/h5-6H,3-4H2,1-2H3. The number of nitrogens with zero attached hydrogens (tertiary/aromatic N) is 1. The van der Waals surface area contributed by atoms with E-state index in [1.165, 1.54) is 12.3 Å². The zero-order chi connectivity index (χ0) is 15.7. The average molecular weight is 349 g/mol. The minimum absolute atomic E-state index is 0.0549. The summed E-state index contributed by atoms with van der Waals surface area (Å²) in [5, 5.41) is 0.765. The molecule has 0 saturated heterocycles. The lowest BCUT2D eigenvalue weighted by atomic mass is 10.1. The Hall–Kier alpha value is -1.23. The molecule has 0 saturated carbocycles. The van der Waals surface area contributed by atoms with Gasteiger partial charge in [0.1, 0.15) is 5.56 Å². The van der Waals surface area contributed by atoms with E-state index < -0.39 is 11.4 Å². The van der Waals surface area contributed by atoms with E-state index in [1.54, 1.807) is 11.5 Å². The maximum Gasteiger partial charge on any atom is 0.343 e. The first-order valence-corrected chi connectivity index (χ1v) is 7.43. The molecule has 0 aliphatic heterocycles. The van der Waals surface area contributed by atoms with Crippen molar-refractivity contribution in [2.45, 2.75) is 20.4 Å². The molecule has 0 aliphatic carbocycles. The summed E-state index contributed by atoms with van der Waals surface area (Å²) in [6, 6.07) is 1.42. The average Bonchev–Trinajstić information content (AvgIpc) is 2.46. The Kier molecular flexibility index (Phi) is 4.81. The number of halogens is 3. The maximum absolute atomic E-state index is 12.5. The molecule has 0 fully saturated rings. The second kappa shape index (κ2) is 6.26. The van der Waals surface area contributed by atoms with Crippen LogP contribution in [0.5, 0.6) is 0 Å². The molecule has 1 aromatic carbocycles. The van der Waals surface area contributed by atoms with Gasteiger partial charge in [0.2, 0.25) is 5.43 Å². The zero-order valence-electron chi connectivity index (χ0n) is 11.4. The minimum atomic E-state index is -0.672. The summed E-state index contributed by atoms with van der Waals surface area (Å²) < 4.78 is 6.57. The molecule has 0 N–H and O–H groups in total. The van der Waals surface area contributed by atoms with Crippen molar-refractivity contribution in [2.75, 3.05) is 6.61 Å². The number of esters is 1. The van der Waals surface area contributed by atoms with E-state index in [2.05, 4.69) is 0 Å². The molecule has 1 heterocycles. The fraction of sp³-hybridized carbons (Fsp3) is 0.286. The lowest BCUT2D eigenvalue weighted by Crippen LogP contribution is -2.21. The topological polar surface area (TPSA) is 48.3 Å². The molecular weight excluding hydrogens is 337 g/mol. The van der Waals surface area contributed by atoms with Crippen LogP contribution in [-0.4, -0.2) is 17.1 Å². The molecule has 4 nitrogen and oxygen atoms in total. The number of pyridine rings is 1. The van der Waals surface area contributed by atoms with E-state index >= 15 is 0 Å². The van der Waals surface area contributed by atoms with Gasteiger partial charge in [0.25, 0.3) is 0 Å². The fourth-order valence-electron chi connectivity index (χ4n) is 2.07. The predicted molar refractivity (Wildman–Crippen MR) is 84.9 cm³/mol. The van der Waals surface area contributed by atoms with E-state index in [0.29, 0.717) is 12.1 Å². The van der Waals surface area contributed by atoms with Crippen LogP contribution in [0.25, 0.3) is 10.9 Å². The van der Waals surface area contributed by atoms with Gasteiger partial charge in [0.05, 0.1) is 27.2 Å². The summed E-state index contributed by atoms with van der Waals surface area (Å²) in [7, 11) is 0. The Balaban J connectivity index is 2.90. The molecule has 7 heteroatoms. The van der Waals surface area contributed by atoms with Gasteiger partial charge in [-0.2, -0.15) is 0 Å². The third kappa shape index (κ3) is 2.76. The molecule has 0 aliphatic rings. The summed E-state index contributed by atoms with van der Waals surface area (Å²) in [4.78, 5) is 24.3. The van der Waals surface area contributed by atoms with E-state index in [4.69, 9.17) is 39.5 Å². The molecule has 21 heavy (non-hydrogen) atoms. The number of benzene rings is 1. The highest BCUT2D eigenvalue weighted by Gasteiger charge is 2.20. The van der Waals surface area contributed by atoms with E-state index in [-0.39, 0.29) is 32.6 Å². The van der Waals surface area contributed by atoms with Gasteiger partial charge in [-0.25, -0.2) is 4.79 Å². The lowest BCUT2D eigenvalue weighted by Gasteiger charge is -2.14. The Morgan fingerprint density at radius 3 is 2.48 bits per heavy atom. The number of carbonyl (C=O) groups excluding carboxylic acids is 1. The molecular formula is C14H12Cl3NO3. The SMILES string of the molecule is CCOC(=O)c1cn(CC)c2c(Cl)c(Cl)c(Cl)cc2c1=O. The van der Waals surface area contributed by atoms with Gasteiger partial charge in [-0.05, 0) is 19.9 Å². The van der Waals surface area contributed by atoms with Gasteiger partial charge in [-0.15, -0.1) is 0 Å². The minimum Gasteiger partial charge on any atom is -0.462 e. The van der Waals surface area contributed by atoms with Crippen LogP contribution in [0.4, 0.5) is 0 Å². The van der Waals surface area contributed by atoms with Crippen molar-refractivity contribution < 1.29 is 9.53 Å². The maximum atomic E-state index is 12.5. The fourth-order valence-corrected chi connectivity index (χ4v) is 2.78. The molecule has 0 radical (unpaired) electrons. The van der Waals surface area contributed by atoms with Crippen LogP contribution in [0, 0.1) is 0 Å². The van der Waals surface area contributed by atoms with Gasteiger partial charge in [0.15, 0.2) is 0 Å². The molecule has 0 unspecified atom stereocenters. The third-order valence-corrected chi connectivity index (χ3v) is 4.29. The highest BCUT2D eigenvalue weighted by Crippen LogP contribution is 2.35. The van der Waals surface area contributed by atoms with Crippen LogP contribution in [0.2, 0.25) is 15.1 Å². The van der Waals surface area contributed by atoms with Crippen LogP contribution in [-0.2, 0) is 11.3 Å². The second-order valence-corrected chi connectivity index (χ2v) is 5.42.